The SMILES string of the molecule is Cc1cc(F)ccc1S(=O)(=O)NCc1ccc2c(c1)OCCO2. The van der Waals surface area contributed by atoms with Gasteiger partial charge in [0.25, 0.3) is 0 Å². The number of fused-ring (bicyclic) bond motifs is 1. The second-order valence-electron chi connectivity index (χ2n) is 5.21. The lowest BCUT2D eigenvalue weighted by Gasteiger charge is -2.19. The normalized spacial score (nSPS) is 13.8. The molecule has 0 unspecified atom stereocenters. The molecule has 23 heavy (non-hydrogen) atoms. The van der Waals surface area contributed by atoms with E-state index in [1.807, 2.05) is 0 Å². The number of aryl methyl sites for hydroxylation is 1. The van der Waals surface area contributed by atoms with Gasteiger partial charge in [0.05, 0.1) is 4.90 Å². The van der Waals surface area contributed by atoms with E-state index >= 15 is 0 Å². The molecule has 0 spiro atoms. The van der Waals surface area contributed by atoms with E-state index in [4.69, 9.17) is 9.47 Å². The Bertz CT molecular complexity index is 836. The number of rotatable bonds is 4. The van der Waals surface area contributed by atoms with Gasteiger partial charge >= 0.3 is 0 Å². The first-order valence-electron chi connectivity index (χ1n) is 7.10. The fourth-order valence-electron chi connectivity index (χ4n) is 2.37. The monoisotopic (exact) mass is 337 g/mol. The molecule has 0 atom stereocenters. The van der Waals surface area contributed by atoms with Gasteiger partial charge in [0, 0.05) is 6.54 Å². The lowest BCUT2D eigenvalue weighted by Crippen LogP contribution is -2.24. The average molecular weight is 337 g/mol. The number of nitrogens with one attached hydrogen (secondary N) is 1. The van der Waals surface area contributed by atoms with Crippen molar-refractivity contribution in [3.63, 3.8) is 0 Å². The molecule has 1 aliphatic heterocycles. The van der Waals surface area contributed by atoms with Crippen molar-refractivity contribution in [3.8, 4) is 11.5 Å². The smallest absolute Gasteiger partial charge is 0.241 e. The van der Waals surface area contributed by atoms with Crippen molar-refractivity contribution >= 4 is 10.0 Å². The number of sulfonamides is 1. The van der Waals surface area contributed by atoms with Gasteiger partial charge in [-0.2, -0.15) is 0 Å². The fraction of sp³-hybridized carbons (Fsp3) is 0.250. The van der Waals surface area contributed by atoms with Crippen molar-refractivity contribution in [3.05, 3.63) is 53.3 Å². The summed E-state index contributed by atoms with van der Waals surface area (Å²) in [6.07, 6.45) is 0. The molecule has 0 amide bonds. The van der Waals surface area contributed by atoms with Crippen LogP contribution >= 0.6 is 0 Å². The van der Waals surface area contributed by atoms with Crippen molar-refractivity contribution < 1.29 is 22.3 Å². The first-order chi connectivity index (χ1) is 11.0. The highest BCUT2D eigenvalue weighted by Crippen LogP contribution is 2.30. The van der Waals surface area contributed by atoms with Gasteiger partial charge < -0.3 is 9.47 Å². The Hall–Kier alpha value is -2.12. The van der Waals surface area contributed by atoms with Gasteiger partial charge in [0.1, 0.15) is 19.0 Å². The van der Waals surface area contributed by atoms with Crippen molar-refractivity contribution in [2.24, 2.45) is 0 Å². The lowest BCUT2D eigenvalue weighted by atomic mass is 10.2. The minimum atomic E-state index is -3.72. The van der Waals surface area contributed by atoms with Crippen LogP contribution in [0.25, 0.3) is 0 Å². The average Bonchev–Trinajstić information content (AvgIpc) is 2.52. The number of ether oxygens (including phenoxy) is 2. The number of hydrogen-bond acceptors (Lipinski definition) is 4. The molecule has 1 heterocycles. The second kappa shape index (κ2) is 6.17. The van der Waals surface area contributed by atoms with E-state index in [1.165, 1.54) is 12.1 Å². The maximum absolute atomic E-state index is 13.1. The van der Waals surface area contributed by atoms with Crippen LogP contribution < -0.4 is 14.2 Å². The summed E-state index contributed by atoms with van der Waals surface area (Å²) in [7, 11) is -3.72. The molecule has 0 radical (unpaired) electrons. The lowest BCUT2D eigenvalue weighted by molar-refractivity contribution is 0.171. The Balaban J connectivity index is 1.76. The van der Waals surface area contributed by atoms with Crippen LogP contribution in [0.2, 0.25) is 0 Å². The van der Waals surface area contributed by atoms with Crippen LogP contribution in [0.3, 0.4) is 0 Å². The molecule has 2 aromatic carbocycles. The van der Waals surface area contributed by atoms with Gasteiger partial charge in [-0.3, -0.25) is 0 Å². The molecule has 1 aliphatic rings. The number of hydrogen-bond donors (Lipinski definition) is 1. The largest absolute Gasteiger partial charge is 0.486 e. The molecule has 0 saturated carbocycles. The third kappa shape index (κ3) is 3.46. The Morgan fingerprint density at radius 3 is 2.57 bits per heavy atom. The summed E-state index contributed by atoms with van der Waals surface area (Å²) in [4.78, 5) is 0.0662. The Morgan fingerprint density at radius 2 is 1.83 bits per heavy atom. The summed E-state index contributed by atoms with van der Waals surface area (Å²) in [5.41, 5.74) is 1.11. The van der Waals surface area contributed by atoms with E-state index in [-0.39, 0.29) is 11.4 Å². The molecule has 1 N–H and O–H groups in total. The quantitative estimate of drug-likeness (QED) is 0.930. The molecule has 122 valence electrons. The van der Waals surface area contributed by atoms with Crippen LogP contribution in [-0.4, -0.2) is 21.6 Å². The molecular weight excluding hydrogens is 321 g/mol. The van der Waals surface area contributed by atoms with Crippen LogP contribution in [-0.2, 0) is 16.6 Å². The van der Waals surface area contributed by atoms with E-state index < -0.39 is 15.8 Å². The molecule has 7 heteroatoms. The molecule has 2 aromatic rings. The maximum Gasteiger partial charge on any atom is 0.241 e. The molecule has 3 rings (SSSR count). The zero-order chi connectivity index (χ0) is 16.4. The van der Waals surface area contributed by atoms with Gasteiger partial charge in [0.15, 0.2) is 11.5 Å². The third-order valence-electron chi connectivity index (χ3n) is 3.50. The zero-order valence-corrected chi connectivity index (χ0v) is 13.3. The molecular formula is C16H16FNO4S. The number of benzene rings is 2. The van der Waals surface area contributed by atoms with Crippen LogP contribution in [0.4, 0.5) is 4.39 Å². The van der Waals surface area contributed by atoms with Gasteiger partial charge in [-0.25, -0.2) is 17.5 Å². The summed E-state index contributed by atoms with van der Waals surface area (Å²) >= 11 is 0. The minimum absolute atomic E-state index is 0.0662. The van der Waals surface area contributed by atoms with Gasteiger partial charge in [-0.15, -0.1) is 0 Å². The Kier molecular flexibility index (Phi) is 4.23. The predicted octanol–water partition coefficient (Wildman–Crippen LogP) is 2.38. The molecule has 0 saturated heterocycles. The predicted molar refractivity (Wildman–Crippen MR) is 82.6 cm³/mol. The maximum atomic E-state index is 13.1. The topological polar surface area (TPSA) is 64.6 Å². The van der Waals surface area contributed by atoms with Crippen molar-refractivity contribution in [2.45, 2.75) is 18.4 Å². The van der Waals surface area contributed by atoms with Crippen LogP contribution in [0, 0.1) is 12.7 Å². The highest BCUT2D eigenvalue weighted by Gasteiger charge is 2.18. The molecule has 0 aliphatic carbocycles. The summed E-state index contributed by atoms with van der Waals surface area (Å²) in [6.45, 7) is 2.64. The van der Waals surface area contributed by atoms with Crippen LogP contribution in [0.5, 0.6) is 11.5 Å². The highest BCUT2D eigenvalue weighted by molar-refractivity contribution is 7.89. The summed E-state index contributed by atoms with van der Waals surface area (Å²) in [5.74, 6) is 0.788. The second-order valence-corrected chi connectivity index (χ2v) is 6.95. The fourth-order valence-corrected chi connectivity index (χ4v) is 3.61. The van der Waals surface area contributed by atoms with E-state index in [0.717, 1.165) is 11.6 Å². The van der Waals surface area contributed by atoms with Crippen molar-refractivity contribution in [1.29, 1.82) is 0 Å². The molecule has 0 fully saturated rings. The minimum Gasteiger partial charge on any atom is -0.486 e. The van der Waals surface area contributed by atoms with Gasteiger partial charge in [-0.1, -0.05) is 6.07 Å². The summed E-state index contributed by atoms with van der Waals surface area (Å²) in [6, 6.07) is 8.85. The van der Waals surface area contributed by atoms with Gasteiger partial charge in [0.2, 0.25) is 10.0 Å². The number of halogens is 1. The summed E-state index contributed by atoms with van der Waals surface area (Å²) < 4.78 is 51.2. The van der Waals surface area contributed by atoms with Crippen molar-refractivity contribution in [2.75, 3.05) is 13.2 Å². The third-order valence-corrected chi connectivity index (χ3v) is 5.06. The molecule has 5 nitrogen and oxygen atoms in total. The summed E-state index contributed by atoms with van der Waals surface area (Å²) in [5, 5.41) is 0. The highest BCUT2D eigenvalue weighted by atomic mass is 32.2. The Morgan fingerprint density at radius 1 is 1.09 bits per heavy atom. The Labute approximate surface area is 134 Å². The van der Waals surface area contributed by atoms with Crippen LogP contribution in [0.15, 0.2) is 41.3 Å². The first kappa shape index (κ1) is 15.8. The van der Waals surface area contributed by atoms with E-state index in [1.54, 1.807) is 25.1 Å². The van der Waals surface area contributed by atoms with Crippen LogP contribution in [0.1, 0.15) is 11.1 Å². The zero-order valence-electron chi connectivity index (χ0n) is 12.5. The standard InChI is InChI=1S/C16H16FNO4S/c1-11-8-13(17)3-5-16(11)23(19,20)18-10-12-2-4-14-15(9-12)22-7-6-21-14/h2-5,8-9,18H,6-7,10H2,1H3. The van der Waals surface area contributed by atoms with E-state index in [0.29, 0.717) is 30.3 Å². The molecule has 0 aromatic heterocycles. The van der Waals surface area contributed by atoms with Crippen molar-refractivity contribution in [1.82, 2.24) is 4.72 Å². The first-order valence-corrected chi connectivity index (χ1v) is 8.58. The molecule has 0 bridgehead atoms. The van der Waals surface area contributed by atoms with Gasteiger partial charge in [-0.05, 0) is 48.4 Å². The van der Waals surface area contributed by atoms with E-state index in [9.17, 15) is 12.8 Å². The van der Waals surface area contributed by atoms with E-state index in [2.05, 4.69) is 4.72 Å².